The topological polar surface area (TPSA) is 68.3 Å². The number of aryl methyl sites for hydroxylation is 1. The number of ether oxygens (including phenoxy) is 2. The number of aromatic nitrogens is 2. The molecular weight excluding hydrogens is 335 g/mol. The molecule has 6 nitrogen and oxygen atoms in total. The van der Waals surface area contributed by atoms with E-state index in [4.69, 9.17) is 9.47 Å². The Bertz CT molecular complexity index is 949. The highest BCUT2D eigenvalue weighted by Gasteiger charge is 2.13. The van der Waals surface area contributed by atoms with Crippen molar-refractivity contribution >= 4 is 17.5 Å². The van der Waals surface area contributed by atoms with Gasteiger partial charge in [-0.3, -0.25) is 0 Å². The lowest BCUT2D eigenvalue weighted by molar-refractivity contribution is 0.174. The van der Waals surface area contributed by atoms with Gasteiger partial charge < -0.3 is 20.1 Å². The van der Waals surface area contributed by atoms with Gasteiger partial charge in [-0.15, -0.1) is 0 Å². The van der Waals surface area contributed by atoms with E-state index in [1.165, 1.54) is 12.1 Å². The molecule has 0 fully saturated rings. The van der Waals surface area contributed by atoms with Gasteiger partial charge in [0.1, 0.15) is 11.6 Å². The minimum Gasteiger partial charge on any atom is -0.454 e. The van der Waals surface area contributed by atoms with Crippen LogP contribution in [-0.2, 0) is 6.54 Å². The van der Waals surface area contributed by atoms with E-state index in [2.05, 4.69) is 20.6 Å². The van der Waals surface area contributed by atoms with E-state index in [-0.39, 0.29) is 12.6 Å². The molecule has 0 saturated heterocycles. The van der Waals surface area contributed by atoms with Crippen LogP contribution in [0.5, 0.6) is 11.5 Å². The fourth-order valence-electron chi connectivity index (χ4n) is 2.65. The Kier molecular flexibility index (Phi) is 4.27. The fourth-order valence-corrected chi connectivity index (χ4v) is 2.65. The van der Waals surface area contributed by atoms with Crippen LogP contribution in [0.4, 0.5) is 21.8 Å². The first-order chi connectivity index (χ1) is 12.7. The molecule has 0 atom stereocenters. The Labute approximate surface area is 150 Å². The number of nitrogens with zero attached hydrogens (tertiary/aromatic N) is 2. The third-order valence-corrected chi connectivity index (χ3v) is 3.85. The molecule has 0 saturated carbocycles. The SMILES string of the molecule is Cc1cc(NCc2ccc3c(c2)OCO3)nc(Nc2cccc(F)c2)n1. The minimum atomic E-state index is -0.316. The molecule has 2 aromatic carbocycles. The number of benzene rings is 2. The van der Waals surface area contributed by atoms with E-state index in [0.717, 1.165) is 22.8 Å². The molecule has 26 heavy (non-hydrogen) atoms. The van der Waals surface area contributed by atoms with E-state index >= 15 is 0 Å². The first kappa shape index (κ1) is 16.1. The molecular formula is C19H17FN4O2. The zero-order valence-electron chi connectivity index (χ0n) is 14.1. The van der Waals surface area contributed by atoms with E-state index in [9.17, 15) is 4.39 Å². The smallest absolute Gasteiger partial charge is 0.231 e. The summed E-state index contributed by atoms with van der Waals surface area (Å²) in [5.74, 6) is 2.27. The summed E-state index contributed by atoms with van der Waals surface area (Å²) in [5, 5.41) is 6.29. The van der Waals surface area contributed by atoms with Crippen LogP contribution >= 0.6 is 0 Å². The van der Waals surface area contributed by atoms with Gasteiger partial charge in [0.05, 0.1) is 0 Å². The summed E-state index contributed by atoms with van der Waals surface area (Å²) in [6, 6.07) is 13.8. The number of nitrogens with one attached hydrogen (secondary N) is 2. The van der Waals surface area contributed by atoms with Crippen LogP contribution in [0.25, 0.3) is 0 Å². The second kappa shape index (κ2) is 6.87. The highest BCUT2D eigenvalue weighted by atomic mass is 19.1. The van der Waals surface area contributed by atoms with Crippen molar-refractivity contribution in [3.8, 4) is 11.5 Å². The summed E-state index contributed by atoms with van der Waals surface area (Å²) in [7, 11) is 0. The van der Waals surface area contributed by atoms with Gasteiger partial charge >= 0.3 is 0 Å². The van der Waals surface area contributed by atoms with Crippen molar-refractivity contribution in [3.05, 3.63) is 65.6 Å². The quantitative estimate of drug-likeness (QED) is 0.723. The summed E-state index contributed by atoms with van der Waals surface area (Å²) in [5.41, 5.74) is 2.44. The predicted octanol–water partition coefficient (Wildman–Crippen LogP) is 4.01. The zero-order chi connectivity index (χ0) is 17.9. The number of fused-ring (bicyclic) bond motifs is 1. The Morgan fingerprint density at radius 1 is 1.04 bits per heavy atom. The van der Waals surface area contributed by atoms with Crippen LogP contribution < -0.4 is 20.1 Å². The van der Waals surface area contributed by atoms with E-state index in [1.807, 2.05) is 31.2 Å². The van der Waals surface area contributed by atoms with Crippen LogP contribution in [0.2, 0.25) is 0 Å². The molecule has 2 N–H and O–H groups in total. The summed E-state index contributed by atoms with van der Waals surface area (Å²) in [4.78, 5) is 8.77. The molecule has 0 bridgehead atoms. The van der Waals surface area contributed by atoms with Crippen molar-refractivity contribution in [2.75, 3.05) is 17.4 Å². The Morgan fingerprint density at radius 3 is 2.81 bits per heavy atom. The maximum atomic E-state index is 13.3. The standard InChI is InChI=1S/C19H17FN4O2/c1-12-7-18(21-10-13-5-6-16-17(8-13)26-11-25-16)24-19(22-12)23-15-4-2-3-14(20)9-15/h2-9H,10-11H2,1H3,(H2,21,22,23,24). The number of halogens is 1. The lowest BCUT2D eigenvalue weighted by Gasteiger charge is -2.10. The molecule has 7 heteroatoms. The van der Waals surface area contributed by atoms with Gasteiger partial charge in [-0.05, 0) is 42.8 Å². The van der Waals surface area contributed by atoms with Gasteiger partial charge in [0, 0.05) is 24.0 Å². The monoisotopic (exact) mass is 352 g/mol. The summed E-state index contributed by atoms with van der Waals surface area (Å²) < 4.78 is 24.0. The molecule has 3 aromatic rings. The van der Waals surface area contributed by atoms with Crippen LogP contribution in [0, 0.1) is 12.7 Å². The van der Waals surface area contributed by atoms with E-state index in [1.54, 1.807) is 12.1 Å². The van der Waals surface area contributed by atoms with Crippen LogP contribution in [-0.4, -0.2) is 16.8 Å². The van der Waals surface area contributed by atoms with Gasteiger partial charge in [-0.1, -0.05) is 12.1 Å². The number of hydrogen-bond donors (Lipinski definition) is 2. The molecule has 4 rings (SSSR count). The highest BCUT2D eigenvalue weighted by molar-refractivity contribution is 5.55. The van der Waals surface area contributed by atoms with Gasteiger partial charge in [0.25, 0.3) is 0 Å². The molecule has 132 valence electrons. The van der Waals surface area contributed by atoms with Crippen molar-refractivity contribution in [1.29, 1.82) is 0 Å². The average Bonchev–Trinajstić information content (AvgIpc) is 3.07. The van der Waals surface area contributed by atoms with Crippen LogP contribution in [0.15, 0.2) is 48.5 Å². The summed E-state index contributed by atoms with van der Waals surface area (Å²) in [6.45, 7) is 2.71. The van der Waals surface area contributed by atoms with Crippen LogP contribution in [0.3, 0.4) is 0 Å². The second-order valence-electron chi connectivity index (χ2n) is 5.89. The zero-order valence-corrected chi connectivity index (χ0v) is 14.1. The molecule has 0 unspecified atom stereocenters. The molecule has 0 radical (unpaired) electrons. The van der Waals surface area contributed by atoms with Crippen molar-refractivity contribution in [3.63, 3.8) is 0 Å². The van der Waals surface area contributed by atoms with Gasteiger partial charge in [0.2, 0.25) is 12.7 Å². The Balaban J connectivity index is 1.47. The van der Waals surface area contributed by atoms with Crippen molar-refractivity contribution < 1.29 is 13.9 Å². The largest absolute Gasteiger partial charge is 0.454 e. The highest BCUT2D eigenvalue weighted by Crippen LogP contribution is 2.32. The molecule has 2 heterocycles. The molecule has 1 aliphatic heterocycles. The third-order valence-electron chi connectivity index (χ3n) is 3.85. The first-order valence-corrected chi connectivity index (χ1v) is 8.16. The number of anilines is 3. The van der Waals surface area contributed by atoms with Gasteiger partial charge in [-0.25, -0.2) is 9.37 Å². The summed E-state index contributed by atoms with van der Waals surface area (Å²) in [6.07, 6.45) is 0. The van der Waals surface area contributed by atoms with E-state index < -0.39 is 0 Å². The Morgan fingerprint density at radius 2 is 1.92 bits per heavy atom. The number of hydrogen-bond acceptors (Lipinski definition) is 6. The third kappa shape index (κ3) is 3.66. The fraction of sp³-hybridized carbons (Fsp3) is 0.158. The lowest BCUT2D eigenvalue weighted by Crippen LogP contribution is -2.05. The van der Waals surface area contributed by atoms with Crippen LogP contribution in [0.1, 0.15) is 11.3 Å². The van der Waals surface area contributed by atoms with Gasteiger partial charge in [-0.2, -0.15) is 4.98 Å². The maximum Gasteiger partial charge on any atom is 0.231 e. The first-order valence-electron chi connectivity index (χ1n) is 8.16. The van der Waals surface area contributed by atoms with Crippen molar-refractivity contribution in [2.45, 2.75) is 13.5 Å². The molecule has 0 amide bonds. The number of rotatable bonds is 5. The molecule has 1 aromatic heterocycles. The normalized spacial score (nSPS) is 12.1. The predicted molar refractivity (Wildman–Crippen MR) is 96.3 cm³/mol. The second-order valence-corrected chi connectivity index (χ2v) is 5.89. The van der Waals surface area contributed by atoms with Crippen molar-refractivity contribution in [1.82, 2.24) is 9.97 Å². The minimum absolute atomic E-state index is 0.256. The van der Waals surface area contributed by atoms with E-state index in [0.29, 0.717) is 24.0 Å². The molecule has 1 aliphatic rings. The lowest BCUT2D eigenvalue weighted by atomic mass is 10.2. The molecule has 0 spiro atoms. The van der Waals surface area contributed by atoms with Crippen molar-refractivity contribution in [2.24, 2.45) is 0 Å². The maximum absolute atomic E-state index is 13.3. The molecule has 0 aliphatic carbocycles. The van der Waals surface area contributed by atoms with Gasteiger partial charge in [0.15, 0.2) is 11.5 Å². The Hall–Kier alpha value is -3.35. The average molecular weight is 352 g/mol. The summed E-state index contributed by atoms with van der Waals surface area (Å²) >= 11 is 0.